The highest BCUT2D eigenvalue weighted by Gasteiger charge is 2.38. The summed E-state index contributed by atoms with van der Waals surface area (Å²) in [5, 5.41) is 2.51. The van der Waals surface area contributed by atoms with Crippen molar-refractivity contribution < 1.29 is 17.8 Å². The first-order valence-corrected chi connectivity index (χ1v) is 9.98. The molecule has 1 aromatic carbocycles. The van der Waals surface area contributed by atoms with Crippen LogP contribution in [-0.2, 0) is 14.7 Å². The summed E-state index contributed by atoms with van der Waals surface area (Å²) in [6.07, 6.45) is 1.28. The minimum absolute atomic E-state index is 0.124. The van der Waals surface area contributed by atoms with E-state index in [9.17, 15) is 17.8 Å². The molecule has 1 aliphatic rings. The van der Waals surface area contributed by atoms with E-state index in [1.165, 1.54) is 35.6 Å². The fraction of sp³-hybridized carbons (Fsp3) is 0.235. The molecule has 6 nitrogen and oxygen atoms in total. The maximum absolute atomic E-state index is 13.3. The van der Waals surface area contributed by atoms with Gasteiger partial charge in [-0.2, -0.15) is 0 Å². The second-order valence-corrected chi connectivity index (χ2v) is 8.63. The Hall–Kier alpha value is -2.07. The average Bonchev–Trinajstić information content (AvgIpc) is 2.61. The summed E-state index contributed by atoms with van der Waals surface area (Å²) in [6.45, 7) is 0. The molecule has 3 atom stereocenters. The van der Waals surface area contributed by atoms with E-state index in [-0.39, 0.29) is 11.4 Å². The third kappa shape index (κ3) is 4.27. The highest BCUT2D eigenvalue weighted by Crippen LogP contribution is 2.28. The van der Waals surface area contributed by atoms with Gasteiger partial charge in [0, 0.05) is 12.7 Å². The van der Waals surface area contributed by atoms with Gasteiger partial charge < -0.3 is 5.32 Å². The summed E-state index contributed by atoms with van der Waals surface area (Å²) >= 11 is 5.73. The molecule has 0 aliphatic carbocycles. The van der Waals surface area contributed by atoms with E-state index < -0.39 is 39.5 Å². The minimum Gasteiger partial charge on any atom is -0.325 e. The van der Waals surface area contributed by atoms with Crippen LogP contribution in [0.5, 0.6) is 0 Å². The zero-order chi connectivity index (χ0) is 19.8. The van der Waals surface area contributed by atoms with Crippen molar-refractivity contribution in [1.29, 1.82) is 0 Å². The van der Waals surface area contributed by atoms with Gasteiger partial charge >= 0.3 is 0 Å². The van der Waals surface area contributed by atoms with Crippen LogP contribution in [0.1, 0.15) is 18.2 Å². The van der Waals surface area contributed by atoms with E-state index in [1.54, 1.807) is 0 Å². The molecule has 1 unspecified atom stereocenters. The average molecular weight is 415 g/mol. The Morgan fingerprint density at radius 2 is 2.15 bits per heavy atom. The molecule has 2 aromatic rings. The topological polar surface area (TPSA) is 74.3 Å². The van der Waals surface area contributed by atoms with Crippen LogP contribution in [0.2, 0.25) is 5.02 Å². The SMILES string of the molecule is C=S1(=O)N[C@@H](c2ccc(F)cn2)C[C@@H](C(=O)Nc2ccc(F)c(Cl)c2)N1C. The number of nitrogens with zero attached hydrogens (tertiary/aromatic N) is 2. The van der Waals surface area contributed by atoms with Gasteiger partial charge in [0.2, 0.25) is 5.91 Å². The molecule has 0 bridgehead atoms. The molecule has 27 heavy (non-hydrogen) atoms. The molecule has 1 aromatic heterocycles. The molecule has 1 aliphatic heterocycles. The molecular formula is C17H17ClF2N4O2S. The molecule has 1 fully saturated rings. The Balaban J connectivity index is 1.84. The van der Waals surface area contributed by atoms with E-state index in [0.717, 1.165) is 12.3 Å². The largest absolute Gasteiger partial charge is 0.325 e. The van der Waals surface area contributed by atoms with E-state index in [2.05, 4.69) is 20.9 Å². The van der Waals surface area contributed by atoms with E-state index in [0.29, 0.717) is 11.4 Å². The number of rotatable bonds is 3. The molecule has 1 amide bonds. The van der Waals surface area contributed by atoms with Gasteiger partial charge in [0.1, 0.15) is 17.7 Å². The molecule has 144 valence electrons. The van der Waals surface area contributed by atoms with Crippen molar-refractivity contribution in [3.63, 3.8) is 0 Å². The summed E-state index contributed by atoms with van der Waals surface area (Å²) in [6, 6.07) is 5.14. The first kappa shape index (κ1) is 19.7. The lowest BCUT2D eigenvalue weighted by atomic mass is 10.0. The van der Waals surface area contributed by atoms with E-state index in [4.69, 9.17) is 11.6 Å². The maximum atomic E-state index is 13.3. The van der Waals surface area contributed by atoms with E-state index >= 15 is 0 Å². The zero-order valence-electron chi connectivity index (χ0n) is 14.3. The maximum Gasteiger partial charge on any atom is 0.242 e. The first-order chi connectivity index (χ1) is 12.7. The normalized spacial score (nSPS) is 25.9. The number of hydrogen-bond acceptors (Lipinski definition) is 3. The van der Waals surface area contributed by atoms with Crippen LogP contribution >= 0.6 is 11.6 Å². The van der Waals surface area contributed by atoms with Crippen LogP contribution in [0.4, 0.5) is 14.5 Å². The summed E-state index contributed by atoms with van der Waals surface area (Å²) in [4.78, 5) is 16.7. The van der Waals surface area contributed by atoms with Crippen molar-refractivity contribution in [3.8, 4) is 0 Å². The molecular weight excluding hydrogens is 398 g/mol. The number of halogens is 3. The Morgan fingerprint density at radius 3 is 2.78 bits per heavy atom. The number of aromatic nitrogens is 1. The number of nitrogens with one attached hydrogen (secondary N) is 2. The highest BCUT2D eigenvalue weighted by atomic mass is 35.5. The Kier molecular flexibility index (Phi) is 5.48. The Morgan fingerprint density at radius 1 is 1.41 bits per heavy atom. The van der Waals surface area contributed by atoms with Crippen molar-refractivity contribution >= 4 is 39.0 Å². The summed E-state index contributed by atoms with van der Waals surface area (Å²) < 4.78 is 43.4. The molecule has 0 spiro atoms. The quantitative estimate of drug-likeness (QED) is 0.758. The summed E-state index contributed by atoms with van der Waals surface area (Å²) in [5.41, 5.74) is 0.758. The second-order valence-electron chi connectivity index (χ2n) is 6.13. The fourth-order valence-electron chi connectivity index (χ4n) is 2.78. The van der Waals surface area contributed by atoms with Gasteiger partial charge in [0.15, 0.2) is 0 Å². The number of likely N-dealkylation sites (N-methyl/N-ethyl adjacent to an activating group) is 1. The number of benzene rings is 1. The molecule has 10 heteroatoms. The van der Waals surface area contributed by atoms with Crippen LogP contribution in [0.3, 0.4) is 0 Å². The van der Waals surface area contributed by atoms with Gasteiger partial charge in [0.05, 0.1) is 32.8 Å². The summed E-state index contributed by atoms with van der Waals surface area (Å²) in [7, 11) is -1.46. The van der Waals surface area contributed by atoms with Gasteiger partial charge in [-0.25, -0.2) is 22.0 Å². The van der Waals surface area contributed by atoms with Crippen LogP contribution in [0.25, 0.3) is 0 Å². The minimum atomic E-state index is -2.97. The number of anilines is 1. The molecule has 2 N–H and O–H groups in total. The zero-order valence-corrected chi connectivity index (χ0v) is 15.9. The van der Waals surface area contributed by atoms with Crippen molar-refractivity contribution in [2.45, 2.75) is 18.5 Å². The third-order valence-corrected chi connectivity index (χ3v) is 6.41. The molecule has 0 saturated carbocycles. The van der Waals surface area contributed by atoms with Gasteiger partial charge in [-0.3, -0.25) is 9.78 Å². The monoisotopic (exact) mass is 414 g/mol. The summed E-state index contributed by atoms with van der Waals surface area (Å²) in [5.74, 6) is 2.11. The number of pyridine rings is 1. The van der Waals surface area contributed by atoms with Crippen LogP contribution < -0.4 is 10.0 Å². The number of hydrogen-bond donors (Lipinski definition) is 2. The standard InChI is InChI=1S/C17H17ClF2N4O2S/c1-24-16(17(25)22-11-4-5-13(20)12(18)7-11)8-15(23-27(24,2)26)14-6-3-10(19)9-21-14/h3-7,9,15-16H,2,8H2,1H3,(H,22,25)(H,23,26)/t15-,16+,27?/m1/s1. The van der Waals surface area contributed by atoms with Crippen molar-refractivity contribution in [1.82, 2.24) is 14.0 Å². The van der Waals surface area contributed by atoms with Gasteiger partial charge in [0.25, 0.3) is 0 Å². The predicted octanol–water partition coefficient (Wildman–Crippen LogP) is 2.53. The lowest BCUT2D eigenvalue weighted by Crippen LogP contribution is -2.56. The molecule has 2 heterocycles. The fourth-order valence-corrected chi connectivity index (χ4v) is 4.38. The van der Waals surface area contributed by atoms with Crippen LogP contribution in [0.15, 0.2) is 36.5 Å². The third-order valence-electron chi connectivity index (χ3n) is 4.29. The predicted molar refractivity (Wildman–Crippen MR) is 102 cm³/mol. The van der Waals surface area contributed by atoms with Crippen LogP contribution in [-0.4, -0.2) is 38.4 Å². The molecule has 0 radical (unpaired) electrons. The Bertz CT molecular complexity index is 969. The first-order valence-electron chi connectivity index (χ1n) is 7.92. The Labute approximate surface area is 160 Å². The second kappa shape index (κ2) is 7.51. The number of amides is 1. The van der Waals surface area contributed by atoms with Crippen LogP contribution in [0, 0.1) is 11.6 Å². The van der Waals surface area contributed by atoms with E-state index in [1.807, 2.05) is 0 Å². The molecule has 3 rings (SSSR count). The lowest BCUT2D eigenvalue weighted by molar-refractivity contribution is -0.120. The van der Waals surface area contributed by atoms with Gasteiger partial charge in [-0.1, -0.05) is 11.6 Å². The van der Waals surface area contributed by atoms with Gasteiger partial charge in [-0.15, -0.1) is 0 Å². The van der Waals surface area contributed by atoms with Crippen molar-refractivity contribution in [2.24, 2.45) is 0 Å². The van der Waals surface area contributed by atoms with Gasteiger partial charge in [-0.05, 0) is 42.6 Å². The van der Waals surface area contributed by atoms with Crippen molar-refractivity contribution in [3.05, 3.63) is 58.9 Å². The number of carbonyl (C=O) groups is 1. The lowest BCUT2D eigenvalue weighted by Gasteiger charge is -2.39. The molecule has 1 saturated heterocycles. The number of carbonyl (C=O) groups excluding carboxylic acids is 1. The smallest absolute Gasteiger partial charge is 0.242 e. The highest BCUT2D eigenvalue weighted by molar-refractivity contribution is 7.96. The van der Waals surface area contributed by atoms with Crippen molar-refractivity contribution in [2.75, 3.05) is 12.4 Å².